The summed E-state index contributed by atoms with van der Waals surface area (Å²) in [6, 6.07) is 6.78. The van der Waals surface area contributed by atoms with Gasteiger partial charge in [-0.3, -0.25) is 0 Å². The summed E-state index contributed by atoms with van der Waals surface area (Å²) in [6.07, 6.45) is 4.30. The highest BCUT2D eigenvalue weighted by molar-refractivity contribution is 7.89. The van der Waals surface area contributed by atoms with Gasteiger partial charge in [0.15, 0.2) is 0 Å². The average Bonchev–Trinajstić information content (AvgIpc) is 2.41. The van der Waals surface area contributed by atoms with Gasteiger partial charge in [-0.2, -0.15) is 0 Å². The molecule has 1 fully saturated rings. The van der Waals surface area contributed by atoms with Gasteiger partial charge in [0, 0.05) is 12.1 Å². The largest absolute Gasteiger partial charge is 0.324 e. The minimum absolute atomic E-state index is 0.0488. The average molecular weight is 296 g/mol. The molecule has 1 aliphatic carbocycles. The van der Waals surface area contributed by atoms with E-state index in [1.54, 1.807) is 18.2 Å². The summed E-state index contributed by atoms with van der Waals surface area (Å²) < 4.78 is 27.8. The van der Waals surface area contributed by atoms with Gasteiger partial charge in [0.25, 0.3) is 0 Å². The first kappa shape index (κ1) is 15.5. The Morgan fingerprint density at radius 1 is 1.30 bits per heavy atom. The molecule has 3 unspecified atom stereocenters. The van der Waals surface area contributed by atoms with Crippen LogP contribution in [0, 0.1) is 5.92 Å². The summed E-state index contributed by atoms with van der Waals surface area (Å²) in [5.41, 5.74) is 6.65. The third kappa shape index (κ3) is 3.59. The van der Waals surface area contributed by atoms with Crippen molar-refractivity contribution in [3.63, 3.8) is 0 Å². The quantitative estimate of drug-likeness (QED) is 0.897. The summed E-state index contributed by atoms with van der Waals surface area (Å²) in [4.78, 5) is 0.310. The Hall–Kier alpha value is -0.910. The van der Waals surface area contributed by atoms with Crippen molar-refractivity contribution < 1.29 is 8.42 Å². The third-order valence-corrected chi connectivity index (χ3v) is 5.60. The topological polar surface area (TPSA) is 72.2 Å². The van der Waals surface area contributed by atoms with Crippen LogP contribution in [-0.4, -0.2) is 14.5 Å². The summed E-state index contributed by atoms with van der Waals surface area (Å²) in [5.74, 6) is 0.398. The van der Waals surface area contributed by atoms with Crippen molar-refractivity contribution in [1.82, 2.24) is 4.72 Å². The van der Waals surface area contributed by atoms with E-state index < -0.39 is 10.0 Å². The molecule has 0 spiro atoms. The number of nitrogens with two attached hydrogens (primary N) is 1. The van der Waals surface area contributed by atoms with Crippen molar-refractivity contribution in [3.8, 4) is 0 Å². The minimum Gasteiger partial charge on any atom is -0.324 e. The summed E-state index contributed by atoms with van der Waals surface area (Å²) >= 11 is 0. The van der Waals surface area contributed by atoms with Crippen molar-refractivity contribution >= 4 is 10.0 Å². The minimum atomic E-state index is -3.45. The SMILES string of the molecule is CC(N)c1cccc(S(=O)(=O)NC2CCCCC2C)c1. The zero-order chi connectivity index (χ0) is 14.8. The van der Waals surface area contributed by atoms with Crippen LogP contribution in [0.5, 0.6) is 0 Å². The zero-order valence-electron chi connectivity index (χ0n) is 12.2. The van der Waals surface area contributed by atoms with Gasteiger partial charge in [-0.25, -0.2) is 13.1 Å². The molecule has 112 valence electrons. The van der Waals surface area contributed by atoms with Crippen LogP contribution >= 0.6 is 0 Å². The molecule has 20 heavy (non-hydrogen) atoms. The van der Waals surface area contributed by atoms with Gasteiger partial charge in [0.05, 0.1) is 4.90 Å². The lowest BCUT2D eigenvalue weighted by Gasteiger charge is -2.29. The Labute approximate surface area is 121 Å². The van der Waals surface area contributed by atoms with Crippen LogP contribution in [0.25, 0.3) is 0 Å². The molecule has 1 aliphatic rings. The fourth-order valence-corrected chi connectivity index (χ4v) is 4.16. The van der Waals surface area contributed by atoms with E-state index in [1.807, 2.05) is 13.0 Å². The molecule has 5 heteroatoms. The van der Waals surface area contributed by atoms with E-state index in [0.29, 0.717) is 10.8 Å². The molecule has 0 heterocycles. The summed E-state index contributed by atoms with van der Waals surface area (Å²) in [7, 11) is -3.45. The summed E-state index contributed by atoms with van der Waals surface area (Å²) in [5, 5.41) is 0. The normalized spacial score (nSPS) is 25.4. The van der Waals surface area contributed by atoms with Crippen molar-refractivity contribution in [3.05, 3.63) is 29.8 Å². The maximum atomic E-state index is 12.5. The van der Waals surface area contributed by atoms with Crippen molar-refractivity contribution in [2.45, 2.75) is 56.5 Å². The van der Waals surface area contributed by atoms with Crippen molar-refractivity contribution in [2.24, 2.45) is 11.7 Å². The van der Waals surface area contributed by atoms with Crippen LogP contribution in [0.4, 0.5) is 0 Å². The second-order valence-electron chi connectivity index (χ2n) is 5.85. The summed E-state index contributed by atoms with van der Waals surface area (Å²) in [6.45, 7) is 3.97. The van der Waals surface area contributed by atoms with E-state index in [9.17, 15) is 8.42 Å². The van der Waals surface area contributed by atoms with Crippen molar-refractivity contribution in [1.29, 1.82) is 0 Å². The van der Waals surface area contributed by atoms with E-state index in [-0.39, 0.29) is 12.1 Å². The molecule has 3 atom stereocenters. The molecule has 3 N–H and O–H groups in total. The van der Waals surface area contributed by atoms with Crippen LogP contribution in [0.1, 0.15) is 51.1 Å². The lowest BCUT2D eigenvalue weighted by Crippen LogP contribution is -2.41. The van der Waals surface area contributed by atoms with Crippen LogP contribution in [0.2, 0.25) is 0 Å². The third-order valence-electron chi connectivity index (χ3n) is 4.11. The number of sulfonamides is 1. The van der Waals surface area contributed by atoms with Crippen LogP contribution in [0.15, 0.2) is 29.2 Å². The lowest BCUT2D eigenvalue weighted by atomic mass is 9.87. The van der Waals surface area contributed by atoms with E-state index in [4.69, 9.17) is 5.73 Å². The van der Waals surface area contributed by atoms with Crippen LogP contribution < -0.4 is 10.5 Å². The molecule has 0 bridgehead atoms. The highest BCUT2D eigenvalue weighted by Gasteiger charge is 2.26. The molecular formula is C15H24N2O2S. The maximum Gasteiger partial charge on any atom is 0.240 e. The molecule has 1 saturated carbocycles. The molecule has 2 rings (SSSR count). The number of rotatable bonds is 4. The Morgan fingerprint density at radius 2 is 2.00 bits per heavy atom. The van der Waals surface area contributed by atoms with Gasteiger partial charge < -0.3 is 5.73 Å². The van der Waals surface area contributed by atoms with Gasteiger partial charge in [-0.05, 0) is 43.4 Å². The monoisotopic (exact) mass is 296 g/mol. The Balaban J connectivity index is 2.19. The van der Waals surface area contributed by atoms with E-state index in [1.165, 1.54) is 6.42 Å². The van der Waals surface area contributed by atoms with Gasteiger partial charge in [-0.1, -0.05) is 31.9 Å². The van der Waals surface area contributed by atoms with Gasteiger partial charge in [0.2, 0.25) is 10.0 Å². The first-order valence-corrected chi connectivity index (χ1v) is 8.76. The zero-order valence-corrected chi connectivity index (χ0v) is 13.0. The second-order valence-corrected chi connectivity index (χ2v) is 7.56. The molecule has 1 aromatic carbocycles. The number of benzene rings is 1. The first-order valence-electron chi connectivity index (χ1n) is 7.28. The number of hydrogen-bond acceptors (Lipinski definition) is 3. The predicted octanol–water partition coefficient (Wildman–Crippen LogP) is 2.56. The molecule has 0 aromatic heterocycles. The molecule has 0 radical (unpaired) electrons. The number of nitrogens with one attached hydrogen (secondary N) is 1. The molecule has 4 nitrogen and oxygen atoms in total. The molecule has 0 amide bonds. The number of hydrogen-bond donors (Lipinski definition) is 2. The Bertz CT molecular complexity index is 555. The highest BCUT2D eigenvalue weighted by Crippen LogP contribution is 2.25. The maximum absolute atomic E-state index is 12.5. The lowest BCUT2D eigenvalue weighted by molar-refractivity contribution is 0.310. The Morgan fingerprint density at radius 3 is 2.65 bits per heavy atom. The van der Waals surface area contributed by atoms with E-state index in [2.05, 4.69) is 11.6 Å². The van der Waals surface area contributed by atoms with Crippen LogP contribution in [-0.2, 0) is 10.0 Å². The van der Waals surface area contributed by atoms with E-state index >= 15 is 0 Å². The van der Waals surface area contributed by atoms with Gasteiger partial charge in [-0.15, -0.1) is 0 Å². The fraction of sp³-hybridized carbons (Fsp3) is 0.600. The highest BCUT2D eigenvalue weighted by atomic mass is 32.2. The van der Waals surface area contributed by atoms with Gasteiger partial charge >= 0.3 is 0 Å². The molecule has 0 aliphatic heterocycles. The molecule has 1 aromatic rings. The van der Waals surface area contributed by atoms with Gasteiger partial charge in [0.1, 0.15) is 0 Å². The Kier molecular flexibility index (Phi) is 4.83. The smallest absolute Gasteiger partial charge is 0.240 e. The second kappa shape index (κ2) is 6.24. The predicted molar refractivity (Wildman–Crippen MR) is 80.8 cm³/mol. The fourth-order valence-electron chi connectivity index (χ4n) is 2.72. The standard InChI is InChI=1S/C15H24N2O2S/c1-11-6-3-4-9-15(11)17-20(18,19)14-8-5-7-13(10-14)12(2)16/h5,7-8,10-12,15,17H,3-4,6,9,16H2,1-2H3. The molecular weight excluding hydrogens is 272 g/mol. The molecule has 0 saturated heterocycles. The van der Waals surface area contributed by atoms with E-state index in [0.717, 1.165) is 24.8 Å². The van der Waals surface area contributed by atoms with Crippen molar-refractivity contribution in [2.75, 3.05) is 0 Å². The van der Waals surface area contributed by atoms with Crippen LogP contribution in [0.3, 0.4) is 0 Å². The first-order chi connectivity index (χ1) is 9.40.